The predicted octanol–water partition coefficient (Wildman–Crippen LogP) is 2.00. The molecule has 0 aliphatic carbocycles. The second kappa shape index (κ2) is 6.93. The van der Waals surface area contributed by atoms with Gasteiger partial charge in [-0.05, 0) is 24.6 Å². The molecule has 0 fully saturated rings. The van der Waals surface area contributed by atoms with E-state index < -0.39 is 0 Å². The molecule has 2 rings (SSSR count). The number of nitrogens with zero attached hydrogens (tertiary/aromatic N) is 2. The zero-order chi connectivity index (χ0) is 12.6. The second-order valence-corrected chi connectivity index (χ2v) is 3.95. The van der Waals surface area contributed by atoms with Crippen molar-refractivity contribution in [3.05, 3.63) is 48.3 Å². The predicted molar refractivity (Wildman–Crippen MR) is 71.8 cm³/mol. The third-order valence-corrected chi connectivity index (χ3v) is 2.69. The molecule has 1 N–H and O–H groups in total. The van der Waals surface area contributed by atoms with Crippen LogP contribution in [0.15, 0.2) is 42.7 Å². The van der Waals surface area contributed by atoms with Crippen molar-refractivity contribution in [2.75, 3.05) is 19.8 Å². The van der Waals surface area contributed by atoms with Gasteiger partial charge in [0, 0.05) is 32.1 Å². The van der Waals surface area contributed by atoms with Crippen molar-refractivity contribution in [1.82, 2.24) is 15.1 Å². The van der Waals surface area contributed by atoms with Crippen molar-refractivity contribution < 1.29 is 4.74 Å². The Morgan fingerprint density at radius 1 is 1.28 bits per heavy atom. The molecule has 0 radical (unpaired) electrons. The van der Waals surface area contributed by atoms with Crippen LogP contribution in [0.1, 0.15) is 12.5 Å². The number of aromatic nitrogens is 2. The van der Waals surface area contributed by atoms with Gasteiger partial charge in [0.1, 0.15) is 0 Å². The molecule has 0 aliphatic heterocycles. The zero-order valence-corrected chi connectivity index (χ0v) is 10.7. The normalized spacial score (nSPS) is 10.7. The van der Waals surface area contributed by atoms with Crippen LogP contribution < -0.4 is 5.32 Å². The Hall–Kier alpha value is -1.65. The molecule has 0 unspecified atom stereocenters. The lowest BCUT2D eigenvalue weighted by Crippen LogP contribution is -2.20. The van der Waals surface area contributed by atoms with E-state index >= 15 is 0 Å². The van der Waals surface area contributed by atoms with Crippen molar-refractivity contribution >= 4 is 0 Å². The Labute approximate surface area is 108 Å². The lowest BCUT2D eigenvalue weighted by Gasteiger charge is -2.10. The molecule has 0 bridgehead atoms. The van der Waals surface area contributed by atoms with E-state index in [0.29, 0.717) is 0 Å². The van der Waals surface area contributed by atoms with Crippen molar-refractivity contribution in [1.29, 1.82) is 0 Å². The van der Waals surface area contributed by atoms with Crippen LogP contribution in [0.2, 0.25) is 0 Å². The molecule has 0 amide bonds. The van der Waals surface area contributed by atoms with Gasteiger partial charge in [0.2, 0.25) is 0 Å². The van der Waals surface area contributed by atoms with Gasteiger partial charge in [-0.3, -0.25) is 0 Å². The van der Waals surface area contributed by atoms with Crippen LogP contribution in [-0.2, 0) is 11.3 Å². The summed E-state index contributed by atoms with van der Waals surface area (Å²) in [7, 11) is 0. The van der Waals surface area contributed by atoms with Gasteiger partial charge in [0.15, 0.2) is 0 Å². The van der Waals surface area contributed by atoms with Crippen molar-refractivity contribution in [3.8, 4) is 5.69 Å². The first-order valence-corrected chi connectivity index (χ1v) is 6.28. The molecule has 0 aliphatic rings. The lowest BCUT2D eigenvalue weighted by molar-refractivity contribution is 0.149. The number of ether oxygens (including phenoxy) is 1. The van der Waals surface area contributed by atoms with E-state index in [4.69, 9.17) is 4.74 Å². The molecule has 4 heteroatoms. The fourth-order valence-electron chi connectivity index (χ4n) is 1.81. The first kappa shape index (κ1) is 12.8. The summed E-state index contributed by atoms with van der Waals surface area (Å²) in [5.74, 6) is 0. The van der Waals surface area contributed by atoms with Crippen molar-refractivity contribution in [2.24, 2.45) is 0 Å². The Balaban J connectivity index is 1.96. The molecule has 0 saturated heterocycles. The summed E-state index contributed by atoms with van der Waals surface area (Å²) in [6.07, 6.45) is 3.75. The SMILES string of the molecule is CCOCCNCc1ccccc1-n1cccn1. The van der Waals surface area contributed by atoms with Gasteiger partial charge in [-0.25, -0.2) is 4.68 Å². The summed E-state index contributed by atoms with van der Waals surface area (Å²) in [4.78, 5) is 0. The van der Waals surface area contributed by atoms with E-state index in [1.165, 1.54) is 5.56 Å². The molecule has 4 nitrogen and oxygen atoms in total. The summed E-state index contributed by atoms with van der Waals surface area (Å²) < 4.78 is 7.18. The van der Waals surface area contributed by atoms with Gasteiger partial charge < -0.3 is 10.1 Å². The average molecular weight is 245 g/mol. The number of hydrogen-bond acceptors (Lipinski definition) is 3. The third-order valence-electron chi connectivity index (χ3n) is 2.69. The molecule has 96 valence electrons. The van der Waals surface area contributed by atoms with Crippen LogP contribution in [0.25, 0.3) is 5.69 Å². The summed E-state index contributed by atoms with van der Waals surface area (Å²) >= 11 is 0. The monoisotopic (exact) mass is 245 g/mol. The Bertz CT molecular complexity index is 454. The molecule has 0 spiro atoms. The summed E-state index contributed by atoms with van der Waals surface area (Å²) in [5.41, 5.74) is 2.35. The maximum Gasteiger partial charge on any atom is 0.0690 e. The fourth-order valence-corrected chi connectivity index (χ4v) is 1.81. The van der Waals surface area contributed by atoms with Gasteiger partial charge in [-0.15, -0.1) is 0 Å². The third kappa shape index (κ3) is 3.42. The Kier molecular flexibility index (Phi) is 4.93. The van der Waals surface area contributed by atoms with Crippen LogP contribution in [0.3, 0.4) is 0 Å². The van der Waals surface area contributed by atoms with E-state index in [1.807, 2.05) is 36.0 Å². The maximum atomic E-state index is 5.29. The minimum absolute atomic E-state index is 0.750. The first-order chi connectivity index (χ1) is 8.92. The number of nitrogens with one attached hydrogen (secondary N) is 1. The quantitative estimate of drug-likeness (QED) is 0.758. The van der Waals surface area contributed by atoms with Gasteiger partial charge in [-0.1, -0.05) is 18.2 Å². The van der Waals surface area contributed by atoms with Gasteiger partial charge in [0.25, 0.3) is 0 Å². The van der Waals surface area contributed by atoms with Crippen LogP contribution >= 0.6 is 0 Å². The molecule has 1 aromatic carbocycles. The van der Waals surface area contributed by atoms with Crippen LogP contribution in [0.5, 0.6) is 0 Å². The largest absolute Gasteiger partial charge is 0.380 e. The second-order valence-electron chi connectivity index (χ2n) is 3.95. The van der Waals surface area contributed by atoms with Gasteiger partial charge in [0.05, 0.1) is 12.3 Å². The zero-order valence-electron chi connectivity index (χ0n) is 10.7. The molecule has 0 saturated carbocycles. The highest BCUT2D eigenvalue weighted by atomic mass is 16.5. The number of hydrogen-bond donors (Lipinski definition) is 1. The van der Waals surface area contributed by atoms with Crippen molar-refractivity contribution in [3.63, 3.8) is 0 Å². The number of rotatable bonds is 7. The molecule has 1 heterocycles. The highest BCUT2D eigenvalue weighted by molar-refractivity contribution is 5.40. The molecule has 18 heavy (non-hydrogen) atoms. The Morgan fingerprint density at radius 2 is 2.17 bits per heavy atom. The molecule has 2 aromatic rings. The van der Waals surface area contributed by atoms with Crippen LogP contribution in [0.4, 0.5) is 0 Å². The topological polar surface area (TPSA) is 39.1 Å². The molecular weight excluding hydrogens is 226 g/mol. The van der Waals surface area contributed by atoms with E-state index in [1.54, 1.807) is 6.20 Å². The molecule has 1 aromatic heterocycles. The highest BCUT2D eigenvalue weighted by Gasteiger charge is 2.03. The standard InChI is InChI=1S/C14H19N3O/c1-2-18-11-9-15-12-13-6-3-4-7-14(13)17-10-5-8-16-17/h3-8,10,15H,2,9,11-12H2,1H3. The smallest absolute Gasteiger partial charge is 0.0690 e. The average Bonchev–Trinajstić information content (AvgIpc) is 2.93. The van der Waals surface area contributed by atoms with Crippen molar-refractivity contribution in [2.45, 2.75) is 13.5 Å². The van der Waals surface area contributed by atoms with E-state index in [-0.39, 0.29) is 0 Å². The first-order valence-electron chi connectivity index (χ1n) is 6.28. The lowest BCUT2D eigenvalue weighted by atomic mass is 10.2. The van der Waals surface area contributed by atoms with Crippen LogP contribution in [-0.4, -0.2) is 29.5 Å². The van der Waals surface area contributed by atoms with E-state index in [2.05, 4.69) is 22.5 Å². The fraction of sp³-hybridized carbons (Fsp3) is 0.357. The summed E-state index contributed by atoms with van der Waals surface area (Å²) in [6, 6.07) is 10.2. The molecule has 0 atom stereocenters. The van der Waals surface area contributed by atoms with E-state index in [9.17, 15) is 0 Å². The van der Waals surface area contributed by atoms with E-state index in [0.717, 1.165) is 32.0 Å². The van der Waals surface area contributed by atoms with Crippen LogP contribution in [0, 0.1) is 0 Å². The maximum absolute atomic E-state index is 5.29. The Morgan fingerprint density at radius 3 is 2.94 bits per heavy atom. The number of para-hydroxylation sites is 1. The highest BCUT2D eigenvalue weighted by Crippen LogP contribution is 2.12. The number of benzene rings is 1. The minimum Gasteiger partial charge on any atom is -0.380 e. The van der Waals surface area contributed by atoms with Gasteiger partial charge in [-0.2, -0.15) is 5.10 Å². The molecular formula is C14H19N3O. The summed E-state index contributed by atoms with van der Waals surface area (Å²) in [6.45, 7) is 5.21. The summed E-state index contributed by atoms with van der Waals surface area (Å²) in [5, 5.41) is 7.64. The van der Waals surface area contributed by atoms with Gasteiger partial charge >= 0.3 is 0 Å². The minimum atomic E-state index is 0.750.